The summed E-state index contributed by atoms with van der Waals surface area (Å²) in [6.45, 7) is 2.41. The van der Waals surface area contributed by atoms with Gasteiger partial charge in [0, 0.05) is 18.2 Å². The standard InChI is InChI=1S/C27H41N3O/c1-25-8-4-5-20-14-27(31-25,16-22(28)24(20)25)21-12-19(11-18-6-7-23(29)30-17-18)13-26(15-21)9-2-3-10-26/h6-7,17,19-22,24H,2-5,8-16,28H2,1H3,(H2,29,30)/t19-,20+,21+,22+,24+,25+,27-/m0/s1. The maximum absolute atomic E-state index is 7.25. The molecule has 4 N–H and O–H groups in total. The highest BCUT2D eigenvalue weighted by Crippen LogP contribution is 2.64. The number of fused-ring (bicyclic) bond motifs is 1. The Morgan fingerprint density at radius 3 is 2.65 bits per heavy atom. The second kappa shape index (κ2) is 7.18. The van der Waals surface area contributed by atoms with Crippen molar-refractivity contribution in [3.05, 3.63) is 23.9 Å². The van der Waals surface area contributed by atoms with Crippen LogP contribution in [0.25, 0.3) is 0 Å². The maximum Gasteiger partial charge on any atom is 0.123 e. The first kappa shape index (κ1) is 20.5. The topological polar surface area (TPSA) is 74.2 Å². The molecule has 2 saturated heterocycles. The van der Waals surface area contributed by atoms with Crippen molar-refractivity contribution in [2.75, 3.05) is 5.73 Å². The van der Waals surface area contributed by atoms with Gasteiger partial charge < -0.3 is 16.2 Å². The van der Waals surface area contributed by atoms with E-state index < -0.39 is 0 Å². The summed E-state index contributed by atoms with van der Waals surface area (Å²) >= 11 is 0. The lowest BCUT2D eigenvalue weighted by Gasteiger charge is -2.67. The lowest BCUT2D eigenvalue weighted by Crippen LogP contribution is -2.71. The van der Waals surface area contributed by atoms with Crippen molar-refractivity contribution >= 4 is 5.82 Å². The van der Waals surface area contributed by atoms with E-state index in [1.54, 1.807) is 0 Å². The van der Waals surface area contributed by atoms with Gasteiger partial charge in [0.1, 0.15) is 5.82 Å². The van der Waals surface area contributed by atoms with Crippen molar-refractivity contribution in [2.45, 2.75) is 108 Å². The van der Waals surface area contributed by atoms with Gasteiger partial charge in [-0.25, -0.2) is 4.98 Å². The SMILES string of the molecule is C[C@@]12CCC[C@@H]3C[C@@]([C@@H]4C[C@H](Cc5ccc(N)nc5)CC5(CCCC5)C4)(C[C@@H](N)[C@@H]31)O2. The van der Waals surface area contributed by atoms with Crippen LogP contribution in [0.1, 0.15) is 89.5 Å². The number of hydrogen-bond donors (Lipinski definition) is 2. The fourth-order valence-corrected chi connectivity index (χ4v) is 9.50. The summed E-state index contributed by atoms with van der Waals surface area (Å²) in [5.74, 6) is 3.39. The largest absolute Gasteiger partial charge is 0.384 e. The van der Waals surface area contributed by atoms with Crippen molar-refractivity contribution in [3.63, 3.8) is 0 Å². The molecule has 4 bridgehead atoms. The average molecular weight is 424 g/mol. The van der Waals surface area contributed by atoms with Gasteiger partial charge in [-0.1, -0.05) is 25.3 Å². The Morgan fingerprint density at radius 2 is 1.90 bits per heavy atom. The second-order valence-electron chi connectivity index (χ2n) is 12.4. The fraction of sp³-hybridized carbons (Fsp3) is 0.815. The van der Waals surface area contributed by atoms with Crippen LogP contribution >= 0.6 is 0 Å². The molecule has 4 heteroatoms. The van der Waals surface area contributed by atoms with E-state index in [2.05, 4.69) is 18.0 Å². The van der Waals surface area contributed by atoms with E-state index in [0.717, 1.165) is 24.7 Å². The van der Waals surface area contributed by atoms with Crippen molar-refractivity contribution in [1.29, 1.82) is 0 Å². The molecule has 1 spiro atoms. The number of nitrogens with zero attached hydrogens (tertiary/aromatic N) is 1. The van der Waals surface area contributed by atoms with Crippen LogP contribution in [0.3, 0.4) is 0 Å². The zero-order chi connectivity index (χ0) is 21.3. The molecule has 4 nitrogen and oxygen atoms in total. The van der Waals surface area contributed by atoms with Crippen LogP contribution in [-0.2, 0) is 11.2 Å². The lowest BCUT2D eigenvalue weighted by atomic mass is 9.49. The van der Waals surface area contributed by atoms with Crippen molar-refractivity contribution in [2.24, 2.45) is 34.8 Å². The Kier molecular flexibility index (Phi) is 4.74. The van der Waals surface area contributed by atoms with Crippen LogP contribution in [-0.4, -0.2) is 22.2 Å². The van der Waals surface area contributed by atoms with Crippen LogP contribution < -0.4 is 11.5 Å². The van der Waals surface area contributed by atoms with Crippen molar-refractivity contribution in [1.82, 2.24) is 4.98 Å². The summed E-state index contributed by atoms with van der Waals surface area (Å²) in [6, 6.07) is 4.49. The van der Waals surface area contributed by atoms with Gasteiger partial charge in [-0.2, -0.15) is 0 Å². The monoisotopic (exact) mass is 423 g/mol. The van der Waals surface area contributed by atoms with E-state index in [0.29, 0.717) is 29.1 Å². The van der Waals surface area contributed by atoms with Gasteiger partial charge in [0.2, 0.25) is 0 Å². The van der Waals surface area contributed by atoms with Gasteiger partial charge >= 0.3 is 0 Å². The third-order valence-corrected chi connectivity index (χ3v) is 10.3. The van der Waals surface area contributed by atoms with Gasteiger partial charge in [-0.15, -0.1) is 0 Å². The summed E-state index contributed by atoms with van der Waals surface area (Å²) < 4.78 is 7.25. The Balaban J connectivity index is 1.31. The normalized spacial score (nSPS) is 45.8. The first-order valence-electron chi connectivity index (χ1n) is 13.0. The molecule has 4 saturated carbocycles. The molecule has 6 aliphatic rings. The van der Waals surface area contributed by atoms with E-state index in [-0.39, 0.29) is 11.2 Å². The second-order valence-corrected chi connectivity index (χ2v) is 12.4. The molecule has 7 rings (SSSR count). The highest BCUT2D eigenvalue weighted by atomic mass is 16.5. The average Bonchev–Trinajstić information content (AvgIpc) is 3.15. The number of ether oxygens (including phenoxy) is 1. The molecule has 170 valence electrons. The number of hydrogen-bond acceptors (Lipinski definition) is 4. The van der Waals surface area contributed by atoms with Crippen LogP contribution in [0.2, 0.25) is 0 Å². The van der Waals surface area contributed by atoms with Gasteiger partial charge in [0.15, 0.2) is 0 Å². The number of rotatable bonds is 3. The molecule has 0 unspecified atom stereocenters. The summed E-state index contributed by atoms with van der Waals surface area (Å²) in [7, 11) is 0. The molecule has 7 atom stereocenters. The van der Waals surface area contributed by atoms with E-state index in [9.17, 15) is 0 Å². The van der Waals surface area contributed by atoms with Gasteiger partial charge in [0.05, 0.1) is 11.2 Å². The first-order chi connectivity index (χ1) is 14.9. The molecule has 1 aromatic heterocycles. The van der Waals surface area contributed by atoms with E-state index in [4.69, 9.17) is 16.2 Å². The number of pyridine rings is 1. The fourth-order valence-electron chi connectivity index (χ4n) is 9.50. The molecule has 3 heterocycles. The van der Waals surface area contributed by atoms with E-state index in [1.807, 2.05) is 12.3 Å². The first-order valence-corrected chi connectivity index (χ1v) is 13.0. The molecule has 2 aliphatic heterocycles. The number of anilines is 1. The minimum absolute atomic E-state index is 0.0233. The zero-order valence-electron chi connectivity index (χ0n) is 19.3. The lowest BCUT2D eigenvalue weighted by molar-refractivity contribution is -0.309. The van der Waals surface area contributed by atoms with Crippen LogP contribution in [0, 0.1) is 29.1 Å². The summed E-state index contributed by atoms with van der Waals surface area (Å²) in [5.41, 5.74) is 14.7. The van der Waals surface area contributed by atoms with Crippen LogP contribution in [0.15, 0.2) is 18.3 Å². The maximum atomic E-state index is 7.25. The third-order valence-electron chi connectivity index (χ3n) is 10.3. The number of nitrogens with two attached hydrogens (primary N) is 2. The highest BCUT2D eigenvalue weighted by molar-refractivity contribution is 5.29. The Morgan fingerprint density at radius 1 is 1.06 bits per heavy atom. The quantitative estimate of drug-likeness (QED) is 0.696. The van der Waals surface area contributed by atoms with Crippen LogP contribution in [0.5, 0.6) is 0 Å². The predicted molar refractivity (Wildman–Crippen MR) is 124 cm³/mol. The smallest absolute Gasteiger partial charge is 0.123 e. The Bertz CT molecular complexity index is 818. The minimum atomic E-state index is 0.0233. The number of nitrogen functional groups attached to an aromatic ring is 1. The Labute approximate surface area is 187 Å². The minimum Gasteiger partial charge on any atom is -0.384 e. The molecule has 0 aromatic carbocycles. The third kappa shape index (κ3) is 3.35. The highest BCUT2D eigenvalue weighted by Gasteiger charge is 2.64. The predicted octanol–water partition coefficient (Wildman–Crippen LogP) is 5.25. The van der Waals surface area contributed by atoms with Gasteiger partial charge in [-0.3, -0.25) is 0 Å². The zero-order valence-corrected chi connectivity index (χ0v) is 19.3. The Hall–Kier alpha value is -1.13. The summed E-state index contributed by atoms with van der Waals surface area (Å²) in [4.78, 5) is 4.37. The molecule has 0 radical (unpaired) electrons. The van der Waals surface area contributed by atoms with Gasteiger partial charge in [0.25, 0.3) is 0 Å². The summed E-state index contributed by atoms with van der Waals surface area (Å²) in [5, 5.41) is 0. The van der Waals surface area contributed by atoms with Gasteiger partial charge in [-0.05, 0) is 106 Å². The molecule has 6 fully saturated rings. The molecule has 4 aliphatic carbocycles. The summed E-state index contributed by atoms with van der Waals surface area (Å²) in [6.07, 6.45) is 19.2. The van der Waals surface area contributed by atoms with Crippen molar-refractivity contribution in [3.8, 4) is 0 Å². The molecule has 1 aromatic rings. The number of aromatic nitrogens is 1. The van der Waals surface area contributed by atoms with E-state index in [1.165, 1.54) is 76.2 Å². The van der Waals surface area contributed by atoms with E-state index >= 15 is 0 Å². The van der Waals surface area contributed by atoms with Crippen LogP contribution in [0.4, 0.5) is 5.82 Å². The van der Waals surface area contributed by atoms with Crippen molar-refractivity contribution < 1.29 is 4.74 Å². The molecular weight excluding hydrogens is 382 g/mol. The molecule has 31 heavy (non-hydrogen) atoms. The molecule has 0 amide bonds. The molecular formula is C27H41N3O.